The lowest BCUT2D eigenvalue weighted by Crippen LogP contribution is -2.07. The fourth-order valence-electron chi connectivity index (χ4n) is 1.50. The Hall–Kier alpha value is -1.84. The Balaban J connectivity index is 2.19. The topological polar surface area (TPSA) is 41.6 Å². The van der Waals surface area contributed by atoms with Crippen LogP contribution in [-0.4, -0.2) is 30.3 Å². The van der Waals surface area contributed by atoms with Crippen molar-refractivity contribution in [2.45, 2.75) is 13.5 Å². The van der Waals surface area contributed by atoms with Gasteiger partial charge in [0.2, 0.25) is 0 Å². The van der Waals surface area contributed by atoms with Crippen LogP contribution in [0, 0.1) is 6.92 Å². The summed E-state index contributed by atoms with van der Waals surface area (Å²) >= 11 is 0. The fraction of sp³-hybridized carbons (Fsp3) is 0.333. The van der Waals surface area contributed by atoms with Gasteiger partial charge in [0, 0.05) is 21.0 Å². The van der Waals surface area contributed by atoms with Crippen molar-refractivity contribution in [3.05, 3.63) is 29.7 Å². The maximum absolute atomic E-state index is 5.41. The van der Waals surface area contributed by atoms with Crippen molar-refractivity contribution in [3.63, 3.8) is 0 Å². The maximum Gasteiger partial charge on any atom is 0.192 e. The van der Waals surface area contributed by atoms with Crippen molar-refractivity contribution >= 4 is 17.4 Å². The summed E-state index contributed by atoms with van der Waals surface area (Å²) in [5.74, 6) is 0.698. The van der Waals surface area contributed by atoms with E-state index in [0.29, 0.717) is 12.4 Å². The van der Waals surface area contributed by atoms with E-state index in [9.17, 15) is 0 Å². The van der Waals surface area contributed by atoms with Crippen molar-refractivity contribution in [2.24, 2.45) is 4.99 Å². The molecule has 0 N–H and O–H groups in total. The van der Waals surface area contributed by atoms with Gasteiger partial charge in [-0.15, -0.1) is 0 Å². The Morgan fingerprint density at radius 1 is 1.44 bits per heavy atom. The number of aliphatic imine (C=N–C) groups is 1. The number of nitrogens with zero attached hydrogens (tertiary/aromatic N) is 3. The van der Waals surface area contributed by atoms with Crippen LogP contribution < -0.4 is 0 Å². The first kappa shape index (κ1) is 10.7. The summed E-state index contributed by atoms with van der Waals surface area (Å²) in [4.78, 5) is 10.5. The van der Waals surface area contributed by atoms with Gasteiger partial charge in [0.25, 0.3) is 0 Å². The standard InChI is InChI=1S/C12H15N3O/c1-9-14-11-6-10(4-5-12(11)16-9)7-13-8-15(2)3/h4-6,8H,7H2,1-3H3. The van der Waals surface area contributed by atoms with Gasteiger partial charge in [0.05, 0.1) is 12.9 Å². The van der Waals surface area contributed by atoms with Gasteiger partial charge in [-0.25, -0.2) is 4.98 Å². The normalized spacial score (nSPS) is 11.4. The minimum atomic E-state index is 0.667. The molecule has 0 saturated heterocycles. The predicted octanol–water partition coefficient (Wildman–Crippen LogP) is 2.23. The highest BCUT2D eigenvalue weighted by Gasteiger charge is 2.02. The molecule has 16 heavy (non-hydrogen) atoms. The van der Waals surface area contributed by atoms with Crippen LogP contribution in [-0.2, 0) is 6.54 Å². The van der Waals surface area contributed by atoms with Crippen LogP contribution in [0.25, 0.3) is 11.1 Å². The monoisotopic (exact) mass is 217 g/mol. The molecule has 0 atom stereocenters. The molecule has 0 spiro atoms. The van der Waals surface area contributed by atoms with Crippen LogP contribution in [0.4, 0.5) is 0 Å². The summed E-state index contributed by atoms with van der Waals surface area (Å²) in [5, 5.41) is 0. The van der Waals surface area contributed by atoms with E-state index in [0.717, 1.165) is 16.7 Å². The van der Waals surface area contributed by atoms with Gasteiger partial charge in [-0.2, -0.15) is 0 Å². The molecule has 1 heterocycles. The Morgan fingerprint density at radius 2 is 2.25 bits per heavy atom. The van der Waals surface area contributed by atoms with E-state index < -0.39 is 0 Å². The first-order chi connectivity index (χ1) is 7.65. The number of aromatic nitrogens is 1. The van der Waals surface area contributed by atoms with Gasteiger partial charge < -0.3 is 9.32 Å². The van der Waals surface area contributed by atoms with Crippen LogP contribution in [0.5, 0.6) is 0 Å². The molecule has 0 radical (unpaired) electrons. The molecular weight excluding hydrogens is 202 g/mol. The quantitative estimate of drug-likeness (QED) is 0.584. The molecular formula is C12H15N3O. The van der Waals surface area contributed by atoms with Crippen molar-refractivity contribution in [1.29, 1.82) is 0 Å². The first-order valence-corrected chi connectivity index (χ1v) is 5.17. The van der Waals surface area contributed by atoms with Gasteiger partial charge in [-0.05, 0) is 17.7 Å². The van der Waals surface area contributed by atoms with E-state index in [-0.39, 0.29) is 0 Å². The van der Waals surface area contributed by atoms with E-state index in [1.54, 1.807) is 6.34 Å². The number of hydrogen-bond acceptors (Lipinski definition) is 3. The summed E-state index contributed by atoms with van der Waals surface area (Å²) in [5.41, 5.74) is 2.87. The van der Waals surface area contributed by atoms with Crippen LogP contribution in [0.15, 0.2) is 27.6 Å². The van der Waals surface area contributed by atoms with E-state index >= 15 is 0 Å². The molecule has 0 unspecified atom stereocenters. The van der Waals surface area contributed by atoms with Crippen LogP contribution >= 0.6 is 0 Å². The van der Waals surface area contributed by atoms with Crippen LogP contribution in [0.2, 0.25) is 0 Å². The molecule has 84 valence electrons. The molecule has 4 heteroatoms. The second-order valence-corrected chi connectivity index (χ2v) is 3.95. The number of oxazole rings is 1. The van der Waals surface area contributed by atoms with Crippen molar-refractivity contribution < 1.29 is 4.42 Å². The first-order valence-electron chi connectivity index (χ1n) is 5.17. The van der Waals surface area contributed by atoms with E-state index in [4.69, 9.17) is 4.42 Å². The molecule has 0 fully saturated rings. The minimum Gasteiger partial charge on any atom is -0.441 e. The summed E-state index contributed by atoms with van der Waals surface area (Å²) in [6.07, 6.45) is 1.80. The second kappa shape index (κ2) is 4.35. The summed E-state index contributed by atoms with van der Waals surface area (Å²) in [7, 11) is 3.90. The van der Waals surface area contributed by atoms with Crippen LogP contribution in [0.3, 0.4) is 0 Å². The molecule has 2 aromatic rings. The number of benzene rings is 1. The Labute approximate surface area is 94.6 Å². The zero-order chi connectivity index (χ0) is 11.5. The third kappa shape index (κ3) is 2.39. The minimum absolute atomic E-state index is 0.667. The SMILES string of the molecule is Cc1nc2cc(CN=CN(C)C)ccc2o1. The van der Waals surface area contributed by atoms with Gasteiger partial charge >= 0.3 is 0 Å². The number of rotatable bonds is 3. The molecule has 0 amide bonds. The van der Waals surface area contributed by atoms with E-state index in [1.165, 1.54) is 0 Å². The Morgan fingerprint density at radius 3 is 3.00 bits per heavy atom. The average molecular weight is 217 g/mol. The molecule has 2 rings (SSSR count). The van der Waals surface area contributed by atoms with Gasteiger partial charge in [0.15, 0.2) is 11.5 Å². The molecule has 4 nitrogen and oxygen atoms in total. The lowest BCUT2D eigenvalue weighted by molar-refractivity contribution is 0.561. The van der Waals surface area contributed by atoms with Crippen molar-refractivity contribution in [2.75, 3.05) is 14.1 Å². The summed E-state index contributed by atoms with van der Waals surface area (Å²) in [6, 6.07) is 5.97. The summed E-state index contributed by atoms with van der Waals surface area (Å²) in [6.45, 7) is 2.52. The third-order valence-corrected chi connectivity index (χ3v) is 2.15. The number of hydrogen-bond donors (Lipinski definition) is 0. The molecule has 0 aliphatic carbocycles. The fourth-order valence-corrected chi connectivity index (χ4v) is 1.50. The van der Waals surface area contributed by atoms with Gasteiger partial charge in [-0.3, -0.25) is 4.99 Å². The summed E-state index contributed by atoms with van der Waals surface area (Å²) < 4.78 is 5.41. The Bertz CT molecular complexity index is 514. The highest BCUT2D eigenvalue weighted by atomic mass is 16.3. The van der Waals surface area contributed by atoms with Crippen molar-refractivity contribution in [3.8, 4) is 0 Å². The van der Waals surface area contributed by atoms with Crippen molar-refractivity contribution in [1.82, 2.24) is 9.88 Å². The number of aryl methyl sites for hydroxylation is 1. The zero-order valence-electron chi connectivity index (χ0n) is 9.77. The molecule has 1 aromatic heterocycles. The average Bonchev–Trinajstić information content (AvgIpc) is 2.56. The molecule has 0 bridgehead atoms. The molecule has 0 aliphatic rings. The zero-order valence-corrected chi connectivity index (χ0v) is 9.77. The lowest BCUT2D eigenvalue weighted by atomic mass is 10.2. The van der Waals surface area contributed by atoms with Gasteiger partial charge in [0.1, 0.15) is 5.52 Å². The molecule has 1 aromatic carbocycles. The predicted molar refractivity (Wildman–Crippen MR) is 64.6 cm³/mol. The largest absolute Gasteiger partial charge is 0.441 e. The van der Waals surface area contributed by atoms with Gasteiger partial charge in [-0.1, -0.05) is 6.07 Å². The Kier molecular flexibility index (Phi) is 2.90. The molecule has 0 aliphatic heterocycles. The van der Waals surface area contributed by atoms with E-state index in [2.05, 4.69) is 9.98 Å². The van der Waals surface area contributed by atoms with E-state index in [1.807, 2.05) is 44.1 Å². The lowest BCUT2D eigenvalue weighted by Gasteiger charge is -2.02. The highest BCUT2D eigenvalue weighted by molar-refractivity contribution is 5.73. The third-order valence-electron chi connectivity index (χ3n) is 2.15. The number of fused-ring (bicyclic) bond motifs is 1. The smallest absolute Gasteiger partial charge is 0.192 e. The molecule has 0 saturated carbocycles. The maximum atomic E-state index is 5.41. The van der Waals surface area contributed by atoms with Crippen LogP contribution in [0.1, 0.15) is 11.5 Å². The highest BCUT2D eigenvalue weighted by Crippen LogP contribution is 2.17. The second-order valence-electron chi connectivity index (χ2n) is 3.95.